The number of nitrogens with one attached hydrogen (secondary N) is 1. The summed E-state index contributed by atoms with van der Waals surface area (Å²) in [5.74, 6) is -0.263. The SMILES string of the molecule is CC.CC.CO[n+]1ccc(C(=O)c2cc(C)c(C)cc2NS(=O)(=O)c2ccc(C)cc2)c(C)c1. The third-order valence-electron chi connectivity index (χ3n) is 5.04. The maximum absolute atomic E-state index is 13.3. The minimum Gasteiger partial charge on any atom is -0.289 e. The Kier molecular flexibility index (Phi) is 10.9. The Bertz CT molecular complexity index is 1220. The van der Waals surface area contributed by atoms with Gasteiger partial charge in [0.25, 0.3) is 10.0 Å². The summed E-state index contributed by atoms with van der Waals surface area (Å²) in [5, 5.41) is 0. The van der Waals surface area contributed by atoms with Crippen LogP contribution in [0.2, 0.25) is 0 Å². The molecule has 0 saturated heterocycles. The fourth-order valence-electron chi connectivity index (χ4n) is 3.11. The van der Waals surface area contributed by atoms with Gasteiger partial charge in [-0.2, -0.15) is 0 Å². The van der Waals surface area contributed by atoms with E-state index in [0.29, 0.717) is 11.1 Å². The molecule has 0 bridgehead atoms. The van der Waals surface area contributed by atoms with Crippen molar-refractivity contribution in [2.45, 2.75) is 60.3 Å². The molecule has 0 radical (unpaired) electrons. The van der Waals surface area contributed by atoms with Crippen LogP contribution in [0, 0.1) is 27.7 Å². The van der Waals surface area contributed by atoms with Crippen molar-refractivity contribution in [3.8, 4) is 0 Å². The summed E-state index contributed by atoms with van der Waals surface area (Å²) in [6.07, 6.45) is 3.34. The van der Waals surface area contributed by atoms with Gasteiger partial charge in [-0.25, -0.2) is 8.42 Å². The number of hydrogen-bond acceptors (Lipinski definition) is 4. The average Bonchev–Trinajstić information content (AvgIpc) is 2.83. The highest BCUT2D eigenvalue weighted by Crippen LogP contribution is 2.27. The molecule has 1 aromatic heterocycles. The van der Waals surface area contributed by atoms with Crippen LogP contribution in [-0.2, 0) is 10.0 Å². The number of anilines is 1. The van der Waals surface area contributed by atoms with Crippen molar-refractivity contribution < 1.29 is 22.8 Å². The van der Waals surface area contributed by atoms with Gasteiger partial charge in [-0.05, 0) is 63.1 Å². The third kappa shape index (κ3) is 6.90. The van der Waals surface area contributed by atoms with E-state index in [1.165, 1.54) is 11.8 Å². The third-order valence-corrected chi connectivity index (χ3v) is 6.42. The number of pyridine rings is 1. The number of ketones is 1. The van der Waals surface area contributed by atoms with Crippen molar-refractivity contribution in [1.29, 1.82) is 0 Å². The largest absolute Gasteiger partial charge is 0.289 e. The molecular weight excluding hydrogens is 448 g/mol. The lowest BCUT2D eigenvalue weighted by atomic mass is 9.96. The molecule has 184 valence electrons. The van der Waals surface area contributed by atoms with E-state index in [4.69, 9.17) is 4.84 Å². The van der Waals surface area contributed by atoms with Gasteiger partial charge < -0.3 is 0 Å². The van der Waals surface area contributed by atoms with E-state index in [-0.39, 0.29) is 16.4 Å². The predicted octanol–water partition coefficient (Wildman–Crippen LogP) is 5.35. The number of sulfonamides is 1. The Morgan fingerprint density at radius 1 is 0.824 bits per heavy atom. The van der Waals surface area contributed by atoms with Gasteiger partial charge in [-0.1, -0.05) is 45.4 Å². The van der Waals surface area contributed by atoms with Crippen LogP contribution in [0.1, 0.15) is 65.9 Å². The smallest absolute Gasteiger partial charge is 0.261 e. The molecule has 0 aliphatic rings. The zero-order chi connectivity index (χ0) is 26.1. The number of nitrogens with zero attached hydrogens (tertiary/aromatic N) is 1. The number of aryl methyl sites for hydroxylation is 4. The second-order valence-electron chi connectivity index (χ2n) is 7.31. The number of rotatable bonds is 6. The van der Waals surface area contributed by atoms with Crippen molar-refractivity contribution in [1.82, 2.24) is 0 Å². The molecule has 1 N–H and O–H groups in total. The van der Waals surface area contributed by atoms with Gasteiger partial charge in [-0.15, -0.1) is 0 Å². The van der Waals surface area contributed by atoms with Crippen LogP contribution in [0.3, 0.4) is 0 Å². The van der Waals surface area contributed by atoms with Crippen molar-refractivity contribution in [2.24, 2.45) is 0 Å². The Morgan fingerprint density at radius 3 is 1.91 bits per heavy atom. The van der Waals surface area contributed by atoms with Gasteiger partial charge in [0.05, 0.1) is 10.6 Å². The average molecular weight is 486 g/mol. The summed E-state index contributed by atoms with van der Waals surface area (Å²) in [6, 6.07) is 11.6. The van der Waals surface area contributed by atoms with E-state index in [9.17, 15) is 13.2 Å². The molecule has 0 amide bonds. The van der Waals surface area contributed by atoms with Crippen molar-refractivity contribution in [3.05, 3.63) is 88.2 Å². The molecule has 0 saturated carbocycles. The summed E-state index contributed by atoms with van der Waals surface area (Å²) >= 11 is 0. The molecule has 0 unspecified atom stereocenters. The quantitative estimate of drug-likeness (QED) is 0.377. The minimum atomic E-state index is -3.85. The first kappa shape index (κ1) is 28.8. The fourth-order valence-corrected chi connectivity index (χ4v) is 4.18. The van der Waals surface area contributed by atoms with Gasteiger partial charge in [0, 0.05) is 27.5 Å². The Morgan fingerprint density at radius 2 is 1.38 bits per heavy atom. The second kappa shape index (κ2) is 12.9. The van der Waals surface area contributed by atoms with Gasteiger partial charge in [0.15, 0.2) is 5.78 Å². The first-order valence-electron chi connectivity index (χ1n) is 11.4. The molecule has 0 aliphatic carbocycles. The van der Waals surface area contributed by atoms with E-state index in [1.54, 1.807) is 61.8 Å². The summed E-state index contributed by atoms with van der Waals surface area (Å²) in [6.45, 7) is 15.5. The summed E-state index contributed by atoms with van der Waals surface area (Å²) in [4.78, 5) is 18.6. The molecule has 34 heavy (non-hydrogen) atoms. The first-order chi connectivity index (χ1) is 16.1. The number of benzene rings is 2. The van der Waals surface area contributed by atoms with E-state index in [2.05, 4.69) is 4.72 Å². The molecule has 7 heteroatoms. The van der Waals surface area contributed by atoms with Gasteiger partial charge in [-0.3, -0.25) is 14.4 Å². The summed E-state index contributed by atoms with van der Waals surface area (Å²) < 4.78 is 30.0. The molecule has 3 rings (SSSR count). The summed E-state index contributed by atoms with van der Waals surface area (Å²) in [5.41, 5.74) is 4.49. The maximum atomic E-state index is 13.3. The molecule has 0 aliphatic heterocycles. The topological polar surface area (TPSA) is 76.3 Å². The van der Waals surface area contributed by atoms with Gasteiger partial charge in [0.2, 0.25) is 12.4 Å². The van der Waals surface area contributed by atoms with Crippen LogP contribution < -0.4 is 14.3 Å². The molecular formula is C27H37N2O4S+. The lowest BCUT2D eigenvalue weighted by molar-refractivity contribution is -0.885. The standard InChI is InChI=1S/C23H24N2O4S.2C2H6/c1-15-6-8-19(9-7-15)30(27,28)24-22-13-17(3)16(2)12-21(22)23(26)20-10-11-25(29-5)14-18(20)4;2*1-2/h6-14H,1-5H3;2*1-2H3/p+1. The lowest BCUT2D eigenvalue weighted by Crippen LogP contribution is -2.40. The number of carbonyl (C=O) groups is 1. The molecule has 3 aromatic rings. The predicted molar refractivity (Wildman–Crippen MR) is 138 cm³/mol. The minimum absolute atomic E-state index is 0.141. The van der Waals surface area contributed by atoms with Crippen molar-refractivity contribution in [3.63, 3.8) is 0 Å². The number of carbonyl (C=O) groups excluding carboxylic acids is 1. The van der Waals surface area contributed by atoms with E-state index < -0.39 is 10.0 Å². The van der Waals surface area contributed by atoms with Crippen LogP contribution in [-0.4, -0.2) is 21.3 Å². The molecule has 0 atom stereocenters. The fraction of sp³-hybridized carbons (Fsp3) is 0.333. The highest BCUT2D eigenvalue weighted by molar-refractivity contribution is 7.92. The number of aromatic nitrogens is 1. The molecule has 1 heterocycles. The Labute approximate surface area is 204 Å². The number of hydrogen-bond donors (Lipinski definition) is 1. The Hall–Kier alpha value is -3.19. The van der Waals surface area contributed by atoms with Crippen molar-refractivity contribution in [2.75, 3.05) is 11.8 Å². The zero-order valence-electron chi connectivity index (χ0n) is 21.7. The maximum Gasteiger partial charge on any atom is 0.261 e. The molecule has 0 fully saturated rings. The van der Waals surface area contributed by atoms with Crippen molar-refractivity contribution >= 4 is 21.5 Å². The van der Waals surface area contributed by atoms with Gasteiger partial charge >= 0.3 is 0 Å². The van der Waals surface area contributed by atoms with Crippen LogP contribution >= 0.6 is 0 Å². The van der Waals surface area contributed by atoms with Gasteiger partial charge in [0.1, 0.15) is 7.11 Å². The van der Waals surface area contributed by atoms with Crippen LogP contribution in [0.25, 0.3) is 0 Å². The first-order valence-corrected chi connectivity index (χ1v) is 12.9. The zero-order valence-corrected chi connectivity index (χ0v) is 22.5. The van der Waals surface area contributed by atoms with Crippen LogP contribution in [0.15, 0.2) is 59.8 Å². The highest BCUT2D eigenvalue weighted by Gasteiger charge is 2.23. The lowest BCUT2D eigenvalue weighted by Gasteiger charge is -2.15. The van der Waals surface area contributed by atoms with Crippen LogP contribution in [0.4, 0.5) is 5.69 Å². The Balaban J connectivity index is 0.00000137. The molecule has 2 aromatic carbocycles. The van der Waals surface area contributed by atoms with Crippen LogP contribution in [0.5, 0.6) is 0 Å². The normalized spacial score (nSPS) is 10.3. The van der Waals surface area contributed by atoms with E-state index in [1.807, 2.05) is 48.5 Å². The van der Waals surface area contributed by atoms with E-state index in [0.717, 1.165) is 22.3 Å². The highest BCUT2D eigenvalue weighted by atomic mass is 32.2. The monoisotopic (exact) mass is 485 g/mol. The summed E-state index contributed by atoms with van der Waals surface area (Å²) in [7, 11) is -2.32. The second-order valence-corrected chi connectivity index (χ2v) is 9.00. The molecule has 6 nitrogen and oxygen atoms in total. The molecule has 0 spiro atoms. The van der Waals surface area contributed by atoms with E-state index >= 15 is 0 Å².